The van der Waals surface area contributed by atoms with Gasteiger partial charge in [0.15, 0.2) is 0 Å². The van der Waals surface area contributed by atoms with Gasteiger partial charge in [-0.15, -0.1) is 0 Å². The zero-order chi connectivity index (χ0) is 12.1. The third-order valence-corrected chi connectivity index (χ3v) is 1.88. The highest BCUT2D eigenvalue weighted by Gasteiger charge is 2.27. The summed E-state index contributed by atoms with van der Waals surface area (Å²) in [7, 11) is 0. The van der Waals surface area contributed by atoms with Crippen molar-refractivity contribution in [3.05, 3.63) is 0 Å². The Balaban J connectivity index is 0.000000921. The monoisotopic (exact) mass is 216 g/mol. The molecule has 1 rings (SSSR count). The number of carbonyl (C=O) groups is 1. The van der Waals surface area contributed by atoms with E-state index in [9.17, 15) is 4.79 Å². The maximum Gasteiger partial charge on any atom is 0.410 e. The van der Waals surface area contributed by atoms with Crippen LogP contribution in [-0.2, 0) is 4.74 Å². The lowest BCUT2D eigenvalue weighted by Gasteiger charge is -2.24. The second-order valence-corrected chi connectivity index (χ2v) is 4.48. The SMILES string of the molecule is CC.CC(C)(C)OC(=O)N1CC[C@H](N)C1. The fraction of sp³-hybridized carbons (Fsp3) is 0.909. The summed E-state index contributed by atoms with van der Waals surface area (Å²) in [5.41, 5.74) is 5.26. The van der Waals surface area contributed by atoms with Gasteiger partial charge in [0.2, 0.25) is 0 Å². The van der Waals surface area contributed by atoms with Gasteiger partial charge < -0.3 is 15.4 Å². The van der Waals surface area contributed by atoms with E-state index >= 15 is 0 Å². The first-order chi connectivity index (χ1) is 6.88. The molecule has 1 atom stereocenters. The third kappa shape index (κ3) is 5.62. The zero-order valence-electron chi connectivity index (χ0n) is 10.5. The summed E-state index contributed by atoms with van der Waals surface area (Å²) in [4.78, 5) is 13.1. The first-order valence-corrected chi connectivity index (χ1v) is 5.62. The lowest BCUT2D eigenvalue weighted by atomic mass is 10.2. The van der Waals surface area contributed by atoms with Crippen LogP contribution < -0.4 is 5.73 Å². The standard InChI is InChI=1S/C9H18N2O2.C2H6/c1-9(2,3)13-8(12)11-5-4-7(10)6-11;1-2/h7H,4-6,10H2,1-3H3;1-2H3/t7-;/m0./s1. The van der Waals surface area contributed by atoms with E-state index in [1.54, 1.807) is 4.90 Å². The van der Waals surface area contributed by atoms with Gasteiger partial charge >= 0.3 is 6.09 Å². The number of carbonyl (C=O) groups excluding carboxylic acids is 1. The second kappa shape index (κ2) is 5.95. The molecule has 4 nitrogen and oxygen atoms in total. The maximum atomic E-state index is 11.5. The summed E-state index contributed by atoms with van der Waals surface area (Å²) in [6.07, 6.45) is 0.625. The summed E-state index contributed by atoms with van der Waals surface area (Å²) in [6, 6.07) is 0.118. The Morgan fingerprint density at radius 1 is 1.40 bits per heavy atom. The molecule has 90 valence electrons. The molecule has 0 bridgehead atoms. The molecular weight excluding hydrogens is 192 g/mol. The van der Waals surface area contributed by atoms with Gasteiger partial charge in [-0.1, -0.05) is 13.8 Å². The van der Waals surface area contributed by atoms with Crippen LogP contribution in [0.3, 0.4) is 0 Å². The van der Waals surface area contributed by atoms with Crippen molar-refractivity contribution in [2.45, 2.75) is 52.7 Å². The number of likely N-dealkylation sites (tertiary alicyclic amines) is 1. The van der Waals surface area contributed by atoms with Crippen LogP contribution in [0.2, 0.25) is 0 Å². The number of hydrogen-bond acceptors (Lipinski definition) is 3. The van der Waals surface area contributed by atoms with Crippen LogP contribution in [0.4, 0.5) is 4.79 Å². The Hall–Kier alpha value is -0.770. The Morgan fingerprint density at radius 2 is 1.93 bits per heavy atom. The molecule has 1 amide bonds. The van der Waals surface area contributed by atoms with E-state index in [1.807, 2.05) is 34.6 Å². The van der Waals surface area contributed by atoms with E-state index in [2.05, 4.69) is 0 Å². The van der Waals surface area contributed by atoms with Crippen LogP contribution in [0.1, 0.15) is 41.0 Å². The number of amides is 1. The van der Waals surface area contributed by atoms with Crippen molar-refractivity contribution in [3.63, 3.8) is 0 Å². The van der Waals surface area contributed by atoms with E-state index in [1.165, 1.54) is 0 Å². The van der Waals surface area contributed by atoms with Crippen molar-refractivity contribution >= 4 is 6.09 Å². The molecule has 15 heavy (non-hydrogen) atoms. The molecule has 0 aromatic carbocycles. The summed E-state index contributed by atoms with van der Waals surface area (Å²) in [5, 5.41) is 0. The lowest BCUT2D eigenvalue weighted by molar-refractivity contribution is 0.0292. The molecule has 0 radical (unpaired) electrons. The minimum absolute atomic E-state index is 0.118. The highest BCUT2D eigenvalue weighted by atomic mass is 16.6. The average Bonchev–Trinajstić information content (AvgIpc) is 2.52. The van der Waals surface area contributed by atoms with E-state index in [0.29, 0.717) is 6.54 Å². The molecular formula is C11H24N2O2. The van der Waals surface area contributed by atoms with Gasteiger partial charge in [-0.05, 0) is 27.2 Å². The van der Waals surface area contributed by atoms with E-state index in [-0.39, 0.29) is 12.1 Å². The molecule has 1 heterocycles. The molecule has 1 fully saturated rings. The van der Waals surface area contributed by atoms with Crippen LogP contribution in [0, 0.1) is 0 Å². The van der Waals surface area contributed by atoms with Crippen LogP contribution >= 0.6 is 0 Å². The van der Waals surface area contributed by atoms with Gasteiger partial charge in [0.1, 0.15) is 5.60 Å². The summed E-state index contributed by atoms with van der Waals surface area (Å²) < 4.78 is 5.20. The van der Waals surface area contributed by atoms with Gasteiger partial charge in [-0.2, -0.15) is 0 Å². The Kier molecular flexibility index (Phi) is 5.65. The predicted octanol–water partition coefficient (Wildman–Crippen LogP) is 1.98. The minimum Gasteiger partial charge on any atom is -0.444 e. The molecule has 1 aliphatic heterocycles. The smallest absolute Gasteiger partial charge is 0.410 e. The van der Waals surface area contributed by atoms with Crippen molar-refractivity contribution in [1.82, 2.24) is 4.90 Å². The Labute approximate surface area is 92.8 Å². The first kappa shape index (κ1) is 14.2. The molecule has 0 saturated carbocycles. The van der Waals surface area contributed by atoms with Gasteiger partial charge in [-0.25, -0.2) is 4.79 Å². The van der Waals surface area contributed by atoms with Crippen molar-refractivity contribution in [3.8, 4) is 0 Å². The lowest BCUT2D eigenvalue weighted by Crippen LogP contribution is -2.36. The minimum atomic E-state index is -0.413. The highest BCUT2D eigenvalue weighted by Crippen LogP contribution is 2.13. The quantitative estimate of drug-likeness (QED) is 0.673. The normalized spacial score (nSPS) is 20.7. The number of hydrogen-bond donors (Lipinski definition) is 1. The van der Waals surface area contributed by atoms with Crippen LogP contribution in [0.15, 0.2) is 0 Å². The molecule has 1 saturated heterocycles. The average molecular weight is 216 g/mol. The Morgan fingerprint density at radius 3 is 2.27 bits per heavy atom. The van der Waals surface area contributed by atoms with Crippen LogP contribution in [0.5, 0.6) is 0 Å². The molecule has 2 N–H and O–H groups in total. The van der Waals surface area contributed by atoms with Crippen LogP contribution in [-0.4, -0.2) is 35.7 Å². The fourth-order valence-electron chi connectivity index (χ4n) is 1.28. The zero-order valence-corrected chi connectivity index (χ0v) is 10.5. The van der Waals surface area contributed by atoms with Crippen molar-refractivity contribution < 1.29 is 9.53 Å². The van der Waals surface area contributed by atoms with E-state index < -0.39 is 5.60 Å². The second-order valence-electron chi connectivity index (χ2n) is 4.48. The largest absolute Gasteiger partial charge is 0.444 e. The molecule has 0 spiro atoms. The Bertz CT molecular complexity index is 199. The first-order valence-electron chi connectivity index (χ1n) is 5.62. The van der Waals surface area contributed by atoms with Gasteiger partial charge in [-0.3, -0.25) is 0 Å². The van der Waals surface area contributed by atoms with Crippen molar-refractivity contribution in [2.24, 2.45) is 5.73 Å². The number of ether oxygens (including phenoxy) is 1. The van der Waals surface area contributed by atoms with Crippen molar-refractivity contribution in [2.75, 3.05) is 13.1 Å². The summed E-state index contributed by atoms with van der Waals surface area (Å²) in [6.45, 7) is 10.9. The summed E-state index contributed by atoms with van der Waals surface area (Å²) >= 11 is 0. The molecule has 0 aromatic heterocycles. The van der Waals surface area contributed by atoms with Crippen molar-refractivity contribution in [1.29, 1.82) is 0 Å². The van der Waals surface area contributed by atoms with E-state index in [0.717, 1.165) is 13.0 Å². The number of rotatable bonds is 0. The predicted molar refractivity (Wildman–Crippen MR) is 61.7 cm³/mol. The fourth-order valence-corrected chi connectivity index (χ4v) is 1.28. The van der Waals surface area contributed by atoms with Gasteiger partial charge in [0.25, 0.3) is 0 Å². The summed E-state index contributed by atoms with van der Waals surface area (Å²) in [5.74, 6) is 0. The molecule has 4 heteroatoms. The topological polar surface area (TPSA) is 55.6 Å². The number of nitrogens with two attached hydrogens (primary N) is 1. The molecule has 0 aromatic rings. The van der Waals surface area contributed by atoms with Crippen LogP contribution in [0.25, 0.3) is 0 Å². The molecule has 0 aliphatic carbocycles. The maximum absolute atomic E-state index is 11.5. The molecule has 1 aliphatic rings. The van der Waals surface area contributed by atoms with Gasteiger partial charge in [0.05, 0.1) is 0 Å². The van der Waals surface area contributed by atoms with Gasteiger partial charge in [0, 0.05) is 19.1 Å². The third-order valence-electron chi connectivity index (χ3n) is 1.88. The highest BCUT2D eigenvalue weighted by molar-refractivity contribution is 5.68. The molecule has 0 unspecified atom stereocenters. The van der Waals surface area contributed by atoms with E-state index in [4.69, 9.17) is 10.5 Å². The number of nitrogens with zero attached hydrogens (tertiary/aromatic N) is 1.